The zero-order valence-corrected chi connectivity index (χ0v) is 13.6. The average molecular weight is 306 g/mol. The first-order chi connectivity index (χ1) is 10.7. The molecule has 1 aromatic heterocycles. The van der Waals surface area contributed by atoms with Gasteiger partial charge in [0, 0.05) is 32.1 Å². The van der Waals surface area contributed by atoms with Crippen molar-refractivity contribution in [2.24, 2.45) is 5.92 Å². The monoisotopic (exact) mass is 306 g/mol. The SMILES string of the molecule is CCCCN(CC)C(=O)C1CCN(C(=O)c2ccco2)CC1. The molecular formula is C17H26N2O3. The first-order valence-corrected chi connectivity index (χ1v) is 8.28. The minimum absolute atomic E-state index is 0.0532. The largest absolute Gasteiger partial charge is 0.459 e. The lowest BCUT2D eigenvalue weighted by Gasteiger charge is -2.33. The molecule has 0 unspecified atom stereocenters. The van der Waals surface area contributed by atoms with E-state index in [0.29, 0.717) is 18.8 Å². The van der Waals surface area contributed by atoms with E-state index < -0.39 is 0 Å². The molecule has 1 aliphatic heterocycles. The zero-order chi connectivity index (χ0) is 15.9. The summed E-state index contributed by atoms with van der Waals surface area (Å²) >= 11 is 0. The summed E-state index contributed by atoms with van der Waals surface area (Å²) in [5.74, 6) is 0.607. The van der Waals surface area contributed by atoms with Crippen LogP contribution in [0.3, 0.4) is 0 Å². The lowest BCUT2D eigenvalue weighted by molar-refractivity contribution is -0.136. The van der Waals surface area contributed by atoms with Crippen molar-refractivity contribution in [3.63, 3.8) is 0 Å². The molecule has 122 valence electrons. The van der Waals surface area contributed by atoms with Crippen LogP contribution in [0.25, 0.3) is 0 Å². The number of hydrogen-bond acceptors (Lipinski definition) is 3. The molecule has 2 rings (SSSR count). The van der Waals surface area contributed by atoms with Crippen molar-refractivity contribution >= 4 is 11.8 Å². The van der Waals surface area contributed by atoms with Gasteiger partial charge in [0.15, 0.2) is 5.76 Å². The Balaban J connectivity index is 1.86. The maximum Gasteiger partial charge on any atom is 0.289 e. The van der Waals surface area contributed by atoms with Crippen molar-refractivity contribution in [3.05, 3.63) is 24.2 Å². The fraction of sp³-hybridized carbons (Fsp3) is 0.647. The third kappa shape index (κ3) is 3.90. The maximum absolute atomic E-state index is 12.5. The number of piperidine rings is 1. The standard InChI is InChI=1S/C17H26N2O3/c1-3-5-10-18(4-2)16(20)14-8-11-19(12-9-14)17(21)15-7-6-13-22-15/h6-7,13-14H,3-5,8-12H2,1-2H3. The third-order valence-electron chi connectivity index (χ3n) is 4.34. The highest BCUT2D eigenvalue weighted by atomic mass is 16.3. The number of amides is 2. The quantitative estimate of drug-likeness (QED) is 0.812. The zero-order valence-electron chi connectivity index (χ0n) is 13.6. The van der Waals surface area contributed by atoms with Crippen LogP contribution in [0.5, 0.6) is 0 Å². The van der Waals surface area contributed by atoms with Gasteiger partial charge in [-0.05, 0) is 38.3 Å². The van der Waals surface area contributed by atoms with Gasteiger partial charge < -0.3 is 14.2 Å². The number of likely N-dealkylation sites (tertiary alicyclic amines) is 1. The van der Waals surface area contributed by atoms with E-state index in [-0.39, 0.29) is 17.7 Å². The van der Waals surface area contributed by atoms with Crippen molar-refractivity contribution in [2.45, 2.75) is 39.5 Å². The van der Waals surface area contributed by atoms with Crippen molar-refractivity contribution in [1.82, 2.24) is 9.80 Å². The number of hydrogen-bond donors (Lipinski definition) is 0. The van der Waals surface area contributed by atoms with Gasteiger partial charge in [0.05, 0.1) is 6.26 Å². The highest BCUT2D eigenvalue weighted by Crippen LogP contribution is 2.21. The maximum atomic E-state index is 12.5. The Morgan fingerprint density at radius 2 is 2.05 bits per heavy atom. The second-order valence-electron chi connectivity index (χ2n) is 5.82. The molecule has 0 N–H and O–H groups in total. The van der Waals surface area contributed by atoms with Crippen LogP contribution in [-0.4, -0.2) is 47.8 Å². The number of carbonyl (C=O) groups excluding carboxylic acids is 2. The van der Waals surface area contributed by atoms with Gasteiger partial charge in [0.2, 0.25) is 5.91 Å². The van der Waals surface area contributed by atoms with Crippen molar-refractivity contribution < 1.29 is 14.0 Å². The van der Waals surface area contributed by atoms with Gasteiger partial charge >= 0.3 is 0 Å². The van der Waals surface area contributed by atoms with Gasteiger partial charge in [-0.15, -0.1) is 0 Å². The van der Waals surface area contributed by atoms with Crippen LogP contribution in [0.1, 0.15) is 50.1 Å². The van der Waals surface area contributed by atoms with Crippen LogP contribution in [0.4, 0.5) is 0 Å². The molecule has 1 saturated heterocycles. The first-order valence-electron chi connectivity index (χ1n) is 8.28. The summed E-state index contributed by atoms with van der Waals surface area (Å²) in [5.41, 5.74) is 0. The Kier molecular flexibility index (Phi) is 6.04. The number of unbranched alkanes of at least 4 members (excludes halogenated alkanes) is 1. The Morgan fingerprint density at radius 1 is 1.32 bits per heavy atom. The molecule has 0 atom stereocenters. The van der Waals surface area contributed by atoms with Crippen LogP contribution in [-0.2, 0) is 4.79 Å². The Labute approximate surface area is 132 Å². The second-order valence-corrected chi connectivity index (χ2v) is 5.82. The first kappa shape index (κ1) is 16.6. The van der Waals surface area contributed by atoms with Crippen LogP contribution >= 0.6 is 0 Å². The lowest BCUT2D eigenvalue weighted by atomic mass is 9.95. The van der Waals surface area contributed by atoms with Crippen LogP contribution in [0.15, 0.2) is 22.8 Å². The van der Waals surface area contributed by atoms with Crippen molar-refractivity contribution in [1.29, 1.82) is 0 Å². The highest BCUT2D eigenvalue weighted by molar-refractivity contribution is 5.91. The molecule has 1 aliphatic rings. The predicted octanol–water partition coefficient (Wildman–Crippen LogP) is 2.78. The van der Waals surface area contributed by atoms with E-state index in [1.807, 2.05) is 11.8 Å². The van der Waals surface area contributed by atoms with E-state index in [2.05, 4.69) is 6.92 Å². The van der Waals surface area contributed by atoms with Gasteiger partial charge in [-0.25, -0.2) is 0 Å². The van der Waals surface area contributed by atoms with Gasteiger partial charge in [0.1, 0.15) is 0 Å². The molecule has 1 aromatic rings. The normalized spacial score (nSPS) is 15.8. The average Bonchev–Trinajstić information content (AvgIpc) is 3.09. The van der Waals surface area contributed by atoms with Crippen molar-refractivity contribution in [2.75, 3.05) is 26.2 Å². The summed E-state index contributed by atoms with van der Waals surface area (Å²) in [5, 5.41) is 0. The molecular weight excluding hydrogens is 280 g/mol. The summed E-state index contributed by atoms with van der Waals surface area (Å²) < 4.78 is 5.16. The van der Waals surface area contributed by atoms with E-state index in [9.17, 15) is 9.59 Å². The molecule has 22 heavy (non-hydrogen) atoms. The highest BCUT2D eigenvalue weighted by Gasteiger charge is 2.30. The summed E-state index contributed by atoms with van der Waals surface area (Å²) in [6.07, 6.45) is 5.15. The van der Waals surface area contributed by atoms with E-state index in [4.69, 9.17) is 4.42 Å². The van der Waals surface area contributed by atoms with Gasteiger partial charge in [-0.3, -0.25) is 9.59 Å². The number of carbonyl (C=O) groups is 2. The molecule has 0 aromatic carbocycles. The molecule has 0 spiro atoms. The minimum Gasteiger partial charge on any atom is -0.459 e. The number of rotatable bonds is 6. The molecule has 2 heterocycles. The lowest BCUT2D eigenvalue weighted by Crippen LogP contribution is -2.44. The van der Waals surface area contributed by atoms with E-state index in [1.54, 1.807) is 17.0 Å². The third-order valence-corrected chi connectivity index (χ3v) is 4.34. The van der Waals surface area contributed by atoms with E-state index in [1.165, 1.54) is 6.26 Å². The topological polar surface area (TPSA) is 53.8 Å². The molecule has 0 aliphatic carbocycles. The van der Waals surface area contributed by atoms with Gasteiger partial charge in [-0.1, -0.05) is 13.3 Å². The summed E-state index contributed by atoms with van der Waals surface area (Å²) in [6, 6.07) is 3.40. The fourth-order valence-electron chi connectivity index (χ4n) is 2.92. The second kappa shape index (κ2) is 8.01. The number of furan rings is 1. The summed E-state index contributed by atoms with van der Waals surface area (Å²) in [7, 11) is 0. The molecule has 0 saturated carbocycles. The smallest absolute Gasteiger partial charge is 0.289 e. The molecule has 0 radical (unpaired) electrons. The predicted molar refractivity (Wildman–Crippen MR) is 84.5 cm³/mol. The van der Waals surface area contributed by atoms with Crippen LogP contribution < -0.4 is 0 Å². The Morgan fingerprint density at radius 3 is 2.59 bits per heavy atom. The molecule has 5 heteroatoms. The fourth-order valence-corrected chi connectivity index (χ4v) is 2.92. The van der Waals surface area contributed by atoms with E-state index in [0.717, 1.165) is 38.8 Å². The summed E-state index contributed by atoms with van der Waals surface area (Å²) in [4.78, 5) is 28.5. The molecule has 0 bridgehead atoms. The van der Waals surface area contributed by atoms with E-state index >= 15 is 0 Å². The Hall–Kier alpha value is -1.78. The Bertz CT molecular complexity index is 476. The van der Waals surface area contributed by atoms with Crippen LogP contribution in [0, 0.1) is 5.92 Å². The molecule has 5 nitrogen and oxygen atoms in total. The minimum atomic E-state index is -0.0748. The van der Waals surface area contributed by atoms with Crippen molar-refractivity contribution in [3.8, 4) is 0 Å². The number of nitrogens with zero attached hydrogens (tertiary/aromatic N) is 2. The molecule has 2 amide bonds. The van der Waals surface area contributed by atoms with Crippen LogP contribution in [0.2, 0.25) is 0 Å². The molecule has 1 fully saturated rings. The summed E-state index contributed by atoms with van der Waals surface area (Å²) in [6.45, 7) is 7.03. The van der Waals surface area contributed by atoms with Gasteiger partial charge in [-0.2, -0.15) is 0 Å². The van der Waals surface area contributed by atoms with Gasteiger partial charge in [0.25, 0.3) is 5.91 Å².